The molecule has 0 saturated carbocycles. The second kappa shape index (κ2) is 8.63. The lowest BCUT2D eigenvalue weighted by Gasteiger charge is -2.36. The Kier molecular flexibility index (Phi) is 6.35. The summed E-state index contributed by atoms with van der Waals surface area (Å²) in [5.74, 6) is 2.24. The Hall–Kier alpha value is -2.61. The van der Waals surface area contributed by atoms with E-state index in [1.807, 2.05) is 30.2 Å². The number of aryl methyl sites for hydroxylation is 1. The number of nitrogens with one attached hydrogen (secondary N) is 1. The normalized spacial score (nSPS) is 15.1. The van der Waals surface area contributed by atoms with Crippen LogP contribution in [0.3, 0.4) is 0 Å². The molecule has 0 aromatic carbocycles. The second-order valence-corrected chi connectivity index (χ2v) is 14.1. The molecule has 0 radical (unpaired) electrons. The molecule has 2 aromatic heterocycles. The number of urea groups is 1. The first-order chi connectivity index (χ1) is 14.0. The predicted molar refractivity (Wildman–Crippen MR) is 124 cm³/mol. The molecule has 30 heavy (non-hydrogen) atoms. The number of hydrogen-bond donors (Lipinski definition) is 1. The Labute approximate surface area is 180 Å². The predicted octanol–water partition coefficient (Wildman–Crippen LogP) is 4.52. The fourth-order valence-corrected chi connectivity index (χ4v) is 3.95. The van der Waals surface area contributed by atoms with Crippen LogP contribution < -0.4 is 14.6 Å². The highest BCUT2D eigenvalue weighted by atomic mass is 28.4. The molecule has 7 nitrogen and oxygen atoms in total. The molecule has 2 amide bonds. The fraction of sp³-hybridized carbons (Fsp3) is 0.500. The number of rotatable bonds is 4. The minimum atomic E-state index is -1.91. The van der Waals surface area contributed by atoms with Gasteiger partial charge in [-0.05, 0) is 48.8 Å². The number of aromatic nitrogens is 2. The summed E-state index contributed by atoms with van der Waals surface area (Å²) in [6.45, 7) is 15.9. The van der Waals surface area contributed by atoms with Crippen molar-refractivity contribution in [3.63, 3.8) is 0 Å². The van der Waals surface area contributed by atoms with Crippen molar-refractivity contribution in [2.75, 3.05) is 36.4 Å². The average Bonchev–Trinajstić information content (AvgIpc) is 2.69. The maximum atomic E-state index is 12.6. The molecule has 8 heteroatoms. The summed E-state index contributed by atoms with van der Waals surface area (Å²) in [5.41, 5.74) is 1.14. The topological polar surface area (TPSA) is 70.6 Å². The smallest absolute Gasteiger partial charge is 0.323 e. The van der Waals surface area contributed by atoms with Gasteiger partial charge in [-0.15, -0.1) is 0 Å². The van der Waals surface area contributed by atoms with Crippen molar-refractivity contribution in [2.45, 2.75) is 45.8 Å². The first-order valence-corrected chi connectivity index (χ1v) is 13.3. The van der Waals surface area contributed by atoms with Crippen LogP contribution in [0.25, 0.3) is 0 Å². The Morgan fingerprint density at radius 2 is 1.73 bits per heavy atom. The Morgan fingerprint density at radius 1 is 1.03 bits per heavy atom. The molecule has 1 fully saturated rings. The average molecular weight is 428 g/mol. The van der Waals surface area contributed by atoms with Gasteiger partial charge in [-0.3, -0.25) is 5.32 Å². The molecule has 0 atom stereocenters. The molecule has 1 aliphatic heterocycles. The zero-order valence-electron chi connectivity index (χ0n) is 18.9. The van der Waals surface area contributed by atoms with E-state index in [0.717, 1.165) is 30.2 Å². The standard InChI is InChI=1S/C22H33N5O2Si/c1-17-7-10-20(24-15-17)26-11-13-27(14-12-26)21(28)25-19-9-8-18(16-23-19)29-30(5,6)22(2,3)4/h7-10,15-16H,11-14H2,1-6H3,(H,23,25,28). The van der Waals surface area contributed by atoms with Crippen molar-refractivity contribution >= 4 is 26.0 Å². The molecule has 0 aliphatic carbocycles. The highest BCUT2D eigenvalue weighted by molar-refractivity contribution is 6.74. The molecule has 162 valence electrons. The van der Waals surface area contributed by atoms with E-state index in [4.69, 9.17) is 4.43 Å². The van der Waals surface area contributed by atoms with Gasteiger partial charge in [-0.25, -0.2) is 14.8 Å². The summed E-state index contributed by atoms with van der Waals surface area (Å²) in [4.78, 5) is 25.5. The van der Waals surface area contributed by atoms with E-state index in [1.165, 1.54) is 0 Å². The SMILES string of the molecule is Cc1ccc(N2CCN(C(=O)Nc3ccc(O[Si](C)(C)C(C)(C)C)cn3)CC2)nc1. The third kappa shape index (κ3) is 5.30. The lowest BCUT2D eigenvalue weighted by Crippen LogP contribution is -2.50. The number of amides is 2. The molecule has 0 spiro atoms. The van der Waals surface area contributed by atoms with Gasteiger partial charge in [0, 0.05) is 32.4 Å². The molecule has 0 unspecified atom stereocenters. The van der Waals surface area contributed by atoms with Crippen LogP contribution in [0.1, 0.15) is 26.3 Å². The van der Waals surface area contributed by atoms with Gasteiger partial charge in [0.1, 0.15) is 17.4 Å². The van der Waals surface area contributed by atoms with Gasteiger partial charge >= 0.3 is 6.03 Å². The molecule has 3 heterocycles. The maximum Gasteiger partial charge on any atom is 0.323 e. The zero-order chi connectivity index (χ0) is 21.9. The zero-order valence-corrected chi connectivity index (χ0v) is 19.9. The first-order valence-electron chi connectivity index (χ1n) is 10.4. The van der Waals surface area contributed by atoms with Gasteiger partial charge in [0.15, 0.2) is 0 Å². The molecular formula is C22H33N5O2Si. The van der Waals surface area contributed by atoms with Crippen molar-refractivity contribution in [3.8, 4) is 5.75 Å². The third-order valence-electron chi connectivity index (χ3n) is 5.94. The van der Waals surface area contributed by atoms with E-state index in [2.05, 4.69) is 60.1 Å². The van der Waals surface area contributed by atoms with Crippen LogP contribution in [0.5, 0.6) is 5.75 Å². The molecule has 1 N–H and O–H groups in total. The number of carbonyl (C=O) groups is 1. The first kappa shape index (κ1) is 22.1. The van der Waals surface area contributed by atoms with Crippen LogP contribution >= 0.6 is 0 Å². The van der Waals surface area contributed by atoms with Crippen molar-refractivity contribution in [3.05, 3.63) is 42.2 Å². The molecule has 0 bridgehead atoms. The lowest BCUT2D eigenvalue weighted by atomic mass is 10.2. The molecule has 1 aliphatic rings. The summed E-state index contributed by atoms with van der Waals surface area (Å²) in [6.07, 6.45) is 3.57. The number of piperazine rings is 1. The molecule has 2 aromatic rings. The maximum absolute atomic E-state index is 12.6. The summed E-state index contributed by atoms with van der Waals surface area (Å²) in [7, 11) is -1.91. The van der Waals surface area contributed by atoms with Gasteiger partial charge < -0.3 is 14.2 Å². The molecular weight excluding hydrogens is 394 g/mol. The fourth-order valence-electron chi connectivity index (χ4n) is 2.94. The van der Waals surface area contributed by atoms with Gasteiger partial charge in [0.05, 0.1) is 6.20 Å². The van der Waals surface area contributed by atoms with E-state index in [9.17, 15) is 4.79 Å². The Morgan fingerprint density at radius 3 is 2.27 bits per heavy atom. The number of carbonyl (C=O) groups excluding carboxylic acids is 1. The van der Waals surface area contributed by atoms with Crippen LogP contribution in [0, 0.1) is 6.92 Å². The van der Waals surface area contributed by atoms with Crippen LogP contribution in [0.4, 0.5) is 16.4 Å². The van der Waals surface area contributed by atoms with Crippen molar-refractivity contribution < 1.29 is 9.22 Å². The van der Waals surface area contributed by atoms with Gasteiger partial charge in [0.2, 0.25) is 0 Å². The van der Waals surface area contributed by atoms with E-state index in [1.54, 1.807) is 12.3 Å². The summed E-state index contributed by atoms with van der Waals surface area (Å²) in [6, 6.07) is 7.64. The molecule has 1 saturated heterocycles. The molecule has 3 rings (SSSR count). The van der Waals surface area contributed by atoms with E-state index < -0.39 is 8.32 Å². The van der Waals surface area contributed by atoms with Crippen LogP contribution in [0.15, 0.2) is 36.7 Å². The van der Waals surface area contributed by atoms with Gasteiger partial charge in [-0.2, -0.15) is 0 Å². The third-order valence-corrected chi connectivity index (χ3v) is 10.3. The lowest BCUT2D eigenvalue weighted by molar-refractivity contribution is 0.208. The second-order valence-electron chi connectivity index (χ2n) is 9.34. The van der Waals surface area contributed by atoms with Crippen molar-refractivity contribution in [2.24, 2.45) is 0 Å². The van der Waals surface area contributed by atoms with Crippen molar-refractivity contribution in [1.29, 1.82) is 0 Å². The summed E-state index contributed by atoms with van der Waals surface area (Å²) < 4.78 is 6.25. The van der Waals surface area contributed by atoms with E-state index in [-0.39, 0.29) is 11.1 Å². The van der Waals surface area contributed by atoms with Crippen molar-refractivity contribution in [1.82, 2.24) is 14.9 Å². The minimum absolute atomic E-state index is 0.121. The minimum Gasteiger partial charge on any atom is -0.542 e. The summed E-state index contributed by atoms with van der Waals surface area (Å²) in [5, 5.41) is 3.01. The number of anilines is 2. The number of hydrogen-bond acceptors (Lipinski definition) is 5. The Bertz CT molecular complexity index is 855. The monoisotopic (exact) mass is 427 g/mol. The highest BCUT2D eigenvalue weighted by Crippen LogP contribution is 2.37. The van der Waals surface area contributed by atoms with Crippen LogP contribution in [-0.2, 0) is 0 Å². The van der Waals surface area contributed by atoms with E-state index in [0.29, 0.717) is 18.9 Å². The van der Waals surface area contributed by atoms with Crippen LogP contribution in [-0.4, -0.2) is 55.4 Å². The quantitative estimate of drug-likeness (QED) is 0.726. The van der Waals surface area contributed by atoms with E-state index >= 15 is 0 Å². The summed E-state index contributed by atoms with van der Waals surface area (Å²) >= 11 is 0. The van der Waals surface area contributed by atoms with Gasteiger partial charge in [-0.1, -0.05) is 26.8 Å². The number of pyridine rings is 2. The Balaban J connectivity index is 1.52. The largest absolute Gasteiger partial charge is 0.542 e. The van der Waals surface area contributed by atoms with Crippen LogP contribution in [0.2, 0.25) is 18.1 Å². The number of nitrogens with zero attached hydrogens (tertiary/aromatic N) is 4. The highest BCUT2D eigenvalue weighted by Gasteiger charge is 2.39. The van der Waals surface area contributed by atoms with Gasteiger partial charge in [0.25, 0.3) is 8.32 Å².